The minimum atomic E-state index is -0.487. The van der Waals surface area contributed by atoms with Gasteiger partial charge in [0, 0.05) is 35.5 Å². The van der Waals surface area contributed by atoms with Gasteiger partial charge in [-0.05, 0) is 32.4 Å². The smallest absolute Gasteiger partial charge is 0.319 e. The third-order valence-electron chi connectivity index (χ3n) is 2.84. The standard InChI is InChI=1S/C14H21ClN2O3/c1-14(2,7-8-18)17-13(19)16-12-6-4-5-11(15)10(12)9-20-3/h4-6,18H,7-9H2,1-3H3,(H2,16,17,19). The molecular formula is C14H21ClN2O3. The van der Waals surface area contributed by atoms with Gasteiger partial charge in [-0.3, -0.25) is 0 Å². The molecular weight excluding hydrogens is 280 g/mol. The van der Waals surface area contributed by atoms with E-state index in [1.807, 2.05) is 13.8 Å². The van der Waals surface area contributed by atoms with Gasteiger partial charge in [0.25, 0.3) is 0 Å². The van der Waals surface area contributed by atoms with Crippen molar-refractivity contribution in [2.45, 2.75) is 32.4 Å². The third-order valence-corrected chi connectivity index (χ3v) is 3.20. The first-order valence-electron chi connectivity index (χ1n) is 6.36. The Labute approximate surface area is 124 Å². The minimum Gasteiger partial charge on any atom is -0.396 e. The van der Waals surface area contributed by atoms with Crippen molar-refractivity contribution in [2.75, 3.05) is 19.0 Å². The van der Waals surface area contributed by atoms with Crippen LogP contribution in [-0.4, -0.2) is 30.4 Å². The second kappa shape index (κ2) is 7.47. The number of amides is 2. The van der Waals surface area contributed by atoms with E-state index in [2.05, 4.69) is 10.6 Å². The topological polar surface area (TPSA) is 70.6 Å². The highest BCUT2D eigenvalue weighted by molar-refractivity contribution is 6.31. The fraction of sp³-hybridized carbons (Fsp3) is 0.500. The molecule has 0 aliphatic rings. The first-order chi connectivity index (χ1) is 9.39. The third kappa shape index (κ3) is 5.00. The highest BCUT2D eigenvalue weighted by Gasteiger charge is 2.20. The number of benzene rings is 1. The summed E-state index contributed by atoms with van der Waals surface area (Å²) in [6.45, 7) is 4.02. The van der Waals surface area contributed by atoms with Crippen molar-refractivity contribution in [1.82, 2.24) is 5.32 Å². The van der Waals surface area contributed by atoms with Gasteiger partial charge in [0.05, 0.1) is 6.61 Å². The Morgan fingerprint density at radius 3 is 2.75 bits per heavy atom. The number of nitrogens with one attached hydrogen (secondary N) is 2. The van der Waals surface area contributed by atoms with E-state index < -0.39 is 5.54 Å². The molecule has 0 saturated carbocycles. The lowest BCUT2D eigenvalue weighted by Crippen LogP contribution is -2.46. The van der Waals surface area contributed by atoms with Crippen molar-refractivity contribution in [3.05, 3.63) is 28.8 Å². The second-order valence-corrected chi connectivity index (χ2v) is 5.54. The molecule has 20 heavy (non-hydrogen) atoms. The fourth-order valence-corrected chi connectivity index (χ4v) is 2.00. The van der Waals surface area contributed by atoms with Crippen LogP contribution in [0, 0.1) is 0 Å². The van der Waals surface area contributed by atoms with Gasteiger partial charge in [-0.25, -0.2) is 4.79 Å². The summed E-state index contributed by atoms with van der Waals surface area (Å²) in [5.74, 6) is 0. The summed E-state index contributed by atoms with van der Waals surface area (Å²) in [5.41, 5.74) is 0.849. The van der Waals surface area contributed by atoms with E-state index in [1.165, 1.54) is 0 Å². The zero-order valence-corrected chi connectivity index (χ0v) is 12.8. The molecule has 0 fully saturated rings. The van der Waals surface area contributed by atoms with Crippen LogP contribution >= 0.6 is 11.6 Å². The molecule has 1 aromatic carbocycles. The molecule has 0 radical (unpaired) electrons. The molecule has 0 aromatic heterocycles. The zero-order valence-electron chi connectivity index (χ0n) is 12.0. The molecule has 5 nitrogen and oxygen atoms in total. The molecule has 0 aliphatic heterocycles. The largest absolute Gasteiger partial charge is 0.396 e. The molecule has 0 spiro atoms. The Balaban J connectivity index is 2.78. The molecule has 0 heterocycles. The second-order valence-electron chi connectivity index (χ2n) is 5.14. The number of aliphatic hydroxyl groups is 1. The number of urea groups is 1. The maximum absolute atomic E-state index is 12.0. The molecule has 0 atom stereocenters. The van der Waals surface area contributed by atoms with Crippen LogP contribution in [0.15, 0.2) is 18.2 Å². The van der Waals surface area contributed by atoms with Crippen LogP contribution in [0.5, 0.6) is 0 Å². The number of carbonyl (C=O) groups excluding carboxylic acids is 1. The molecule has 3 N–H and O–H groups in total. The van der Waals surface area contributed by atoms with E-state index in [0.717, 1.165) is 5.56 Å². The van der Waals surface area contributed by atoms with Crippen LogP contribution < -0.4 is 10.6 Å². The molecule has 0 unspecified atom stereocenters. The lowest BCUT2D eigenvalue weighted by Gasteiger charge is -2.25. The van der Waals surface area contributed by atoms with Gasteiger partial charge in [-0.2, -0.15) is 0 Å². The molecule has 1 aromatic rings. The molecule has 112 valence electrons. The number of carbonyl (C=O) groups is 1. The minimum absolute atomic E-state index is 0.0133. The molecule has 0 bridgehead atoms. The molecule has 0 saturated heterocycles. The fourth-order valence-electron chi connectivity index (χ4n) is 1.77. The number of hydrogen-bond acceptors (Lipinski definition) is 3. The molecule has 0 aliphatic carbocycles. The summed E-state index contributed by atoms with van der Waals surface area (Å²) in [6, 6.07) is 4.92. The van der Waals surface area contributed by atoms with Crippen LogP contribution in [0.4, 0.5) is 10.5 Å². The van der Waals surface area contributed by atoms with Crippen molar-refractivity contribution < 1.29 is 14.6 Å². The van der Waals surface area contributed by atoms with Crippen LogP contribution in [0.1, 0.15) is 25.8 Å². The van der Waals surface area contributed by atoms with Crippen molar-refractivity contribution in [1.29, 1.82) is 0 Å². The number of halogens is 1. The van der Waals surface area contributed by atoms with Crippen molar-refractivity contribution in [3.63, 3.8) is 0 Å². The highest BCUT2D eigenvalue weighted by atomic mass is 35.5. The van der Waals surface area contributed by atoms with Crippen LogP contribution in [0.25, 0.3) is 0 Å². The molecule has 1 rings (SSSR count). The number of rotatable bonds is 6. The van der Waals surface area contributed by atoms with Gasteiger partial charge in [0.15, 0.2) is 0 Å². The van der Waals surface area contributed by atoms with E-state index >= 15 is 0 Å². The molecule has 6 heteroatoms. The summed E-state index contributed by atoms with van der Waals surface area (Å²) in [7, 11) is 1.57. The average molecular weight is 301 g/mol. The van der Waals surface area contributed by atoms with Crippen LogP contribution in [-0.2, 0) is 11.3 Å². The number of aliphatic hydroxyl groups excluding tert-OH is 1. The quantitative estimate of drug-likeness (QED) is 0.756. The van der Waals surface area contributed by atoms with Crippen molar-refractivity contribution in [3.8, 4) is 0 Å². The van der Waals surface area contributed by atoms with E-state index in [0.29, 0.717) is 23.7 Å². The van der Waals surface area contributed by atoms with Gasteiger partial charge in [-0.15, -0.1) is 0 Å². The zero-order chi connectivity index (χ0) is 15.2. The first-order valence-corrected chi connectivity index (χ1v) is 6.74. The predicted octanol–water partition coefficient (Wildman–Crippen LogP) is 2.77. The van der Waals surface area contributed by atoms with Gasteiger partial charge in [0.2, 0.25) is 0 Å². The monoisotopic (exact) mass is 300 g/mol. The Morgan fingerprint density at radius 2 is 2.15 bits per heavy atom. The Hall–Kier alpha value is -1.30. The van der Waals surface area contributed by atoms with Crippen LogP contribution in [0.3, 0.4) is 0 Å². The van der Waals surface area contributed by atoms with Gasteiger partial charge in [0.1, 0.15) is 0 Å². The summed E-state index contributed by atoms with van der Waals surface area (Å²) in [4.78, 5) is 12.0. The van der Waals surface area contributed by atoms with Crippen molar-refractivity contribution in [2.24, 2.45) is 0 Å². The Kier molecular flexibility index (Phi) is 6.26. The summed E-state index contributed by atoms with van der Waals surface area (Å²) >= 11 is 6.09. The van der Waals surface area contributed by atoms with E-state index in [1.54, 1.807) is 25.3 Å². The number of methoxy groups -OCH3 is 1. The van der Waals surface area contributed by atoms with Crippen molar-refractivity contribution >= 4 is 23.3 Å². The highest BCUT2D eigenvalue weighted by Crippen LogP contribution is 2.25. The van der Waals surface area contributed by atoms with E-state index in [-0.39, 0.29) is 12.6 Å². The van der Waals surface area contributed by atoms with E-state index in [9.17, 15) is 4.79 Å². The number of ether oxygens (including phenoxy) is 1. The van der Waals surface area contributed by atoms with Gasteiger partial charge < -0.3 is 20.5 Å². The predicted molar refractivity (Wildman–Crippen MR) is 80.1 cm³/mol. The lowest BCUT2D eigenvalue weighted by atomic mass is 10.0. The Bertz CT molecular complexity index is 464. The summed E-state index contributed by atoms with van der Waals surface area (Å²) in [5, 5.41) is 15.0. The number of anilines is 1. The van der Waals surface area contributed by atoms with E-state index in [4.69, 9.17) is 21.4 Å². The molecule has 2 amide bonds. The summed E-state index contributed by atoms with van der Waals surface area (Å²) < 4.78 is 5.08. The number of hydrogen-bond donors (Lipinski definition) is 3. The maximum atomic E-state index is 12.0. The lowest BCUT2D eigenvalue weighted by molar-refractivity contribution is 0.185. The normalized spacial score (nSPS) is 11.2. The van der Waals surface area contributed by atoms with Gasteiger partial charge in [-0.1, -0.05) is 17.7 Å². The Morgan fingerprint density at radius 1 is 1.45 bits per heavy atom. The average Bonchev–Trinajstić information content (AvgIpc) is 2.32. The van der Waals surface area contributed by atoms with Crippen LogP contribution in [0.2, 0.25) is 5.02 Å². The first kappa shape index (κ1) is 16.8. The maximum Gasteiger partial charge on any atom is 0.319 e. The summed E-state index contributed by atoms with van der Waals surface area (Å²) in [6.07, 6.45) is 0.473. The van der Waals surface area contributed by atoms with Gasteiger partial charge >= 0.3 is 6.03 Å². The SMILES string of the molecule is COCc1c(Cl)cccc1NC(=O)NC(C)(C)CCO.